The summed E-state index contributed by atoms with van der Waals surface area (Å²) < 4.78 is 0. The van der Waals surface area contributed by atoms with Crippen LogP contribution in [-0.4, -0.2) is 87.6 Å². The van der Waals surface area contributed by atoms with Crippen LogP contribution in [0, 0.1) is 0 Å². The molecule has 0 aliphatic rings. The molecule has 0 aromatic rings. The molecular weight excluding hydrogens is 412 g/mol. The van der Waals surface area contributed by atoms with Gasteiger partial charge in [-0.25, -0.2) is 0 Å². The summed E-state index contributed by atoms with van der Waals surface area (Å²) in [5.41, 5.74) is 5.39. The quantitative estimate of drug-likeness (QED) is 0.147. The van der Waals surface area contributed by atoms with Gasteiger partial charge >= 0.3 is 17.9 Å². The summed E-state index contributed by atoms with van der Waals surface area (Å²) in [5.74, 6) is -6.53. The summed E-state index contributed by atoms with van der Waals surface area (Å²) >= 11 is 1.35. The fourth-order valence-electron chi connectivity index (χ4n) is 2.01. The molecule has 0 rings (SSSR count). The Kier molecular flexibility index (Phi) is 12.0. The Morgan fingerprint density at radius 1 is 0.828 bits per heavy atom. The van der Waals surface area contributed by atoms with Gasteiger partial charge in [0.25, 0.3) is 0 Å². The largest absolute Gasteiger partial charge is 0.481 e. The Labute approximate surface area is 169 Å². The molecule has 0 aliphatic heterocycles. The number of nitrogens with two attached hydrogens (primary N) is 1. The van der Waals surface area contributed by atoms with Crippen molar-refractivity contribution in [1.29, 1.82) is 0 Å². The highest BCUT2D eigenvalue weighted by molar-refractivity contribution is 7.98. The third kappa shape index (κ3) is 11.5. The first-order valence-corrected chi connectivity index (χ1v) is 9.65. The van der Waals surface area contributed by atoms with E-state index in [0.29, 0.717) is 5.75 Å². The van der Waals surface area contributed by atoms with Crippen LogP contribution in [0.2, 0.25) is 0 Å². The van der Waals surface area contributed by atoms with E-state index in [0.717, 1.165) is 0 Å². The molecule has 29 heavy (non-hydrogen) atoms. The van der Waals surface area contributed by atoms with Gasteiger partial charge in [0.05, 0.1) is 18.9 Å². The van der Waals surface area contributed by atoms with E-state index in [4.69, 9.17) is 21.1 Å². The Hall–Kier alpha value is -2.87. The Bertz CT molecular complexity index is 643. The predicted molar refractivity (Wildman–Crippen MR) is 100.0 cm³/mol. The first-order valence-electron chi connectivity index (χ1n) is 8.26. The van der Waals surface area contributed by atoms with E-state index in [1.807, 2.05) is 0 Å². The molecule has 13 nitrogen and oxygen atoms in total. The van der Waals surface area contributed by atoms with Crippen LogP contribution in [-0.2, 0) is 28.8 Å². The van der Waals surface area contributed by atoms with Crippen LogP contribution in [0.15, 0.2) is 0 Å². The third-order valence-corrected chi connectivity index (χ3v) is 4.04. The molecule has 0 saturated carbocycles. The number of hydrogen-bond acceptors (Lipinski definition) is 8. The zero-order valence-corrected chi connectivity index (χ0v) is 16.4. The first kappa shape index (κ1) is 26.1. The molecule has 14 heteroatoms. The normalized spacial score (nSPS) is 13.4. The Balaban J connectivity index is 5.22. The lowest BCUT2D eigenvalue weighted by Crippen LogP contribution is -2.56. The molecule has 3 amide bonds. The summed E-state index contributed by atoms with van der Waals surface area (Å²) in [6, 6.07) is -4.30. The molecule has 0 spiro atoms. The van der Waals surface area contributed by atoms with E-state index in [1.54, 1.807) is 6.26 Å². The second kappa shape index (κ2) is 13.3. The van der Waals surface area contributed by atoms with Crippen LogP contribution in [0.5, 0.6) is 0 Å². The molecule has 3 unspecified atom stereocenters. The van der Waals surface area contributed by atoms with Gasteiger partial charge < -0.3 is 37.0 Å². The number of carboxylic acid groups (broad SMARTS) is 3. The maximum Gasteiger partial charge on any atom is 0.322 e. The van der Waals surface area contributed by atoms with Gasteiger partial charge in [-0.3, -0.25) is 28.8 Å². The van der Waals surface area contributed by atoms with Crippen LogP contribution in [0.1, 0.15) is 19.3 Å². The second-order valence-corrected chi connectivity index (χ2v) is 6.80. The van der Waals surface area contributed by atoms with E-state index < -0.39 is 73.1 Å². The van der Waals surface area contributed by atoms with Crippen LogP contribution in [0.3, 0.4) is 0 Å². The molecule has 0 saturated heterocycles. The van der Waals surface area contributed by atoms with Crippen molar-refractivity contribution < 1.29 is 44.1 Å². The van der Waals surface area contributed by atoms with Crippen molar-refractivity contribution in [2.75, 3.05) is 18.6 Å². The van der Waals surface area contributed by atoms with Gasteiger partial charge in [-0.15, -0.1) is 0 Å². The Morgan fingerprint density at radius 3 is 1.86 bits per heavy atom. The van der Waals surface area contributed by atoms with Crippen LogP contribution in [0.4, 0.5) is 0 Å². The van der Waals surface area contributed by atoms with E-state index in [1.165, 1.54) is 11.8 Å². The van der Waals surface area contributed by atoms with E-state index in [9.17, 15) is 28.8 Å². The lowest BCUT2D eigenvalue weighted by atomic mass is 10.1. The molecule has 8 N–H and O–H groups in total. The molecule has 0 bridgehead atoms. The molecule has 0 aliphatic carbocycles. The third-order valence-electron chi connectivity index (χ3n) is 3.40. The number of nitrogens with one attached hydrogen (secondary N) is 3. The zero-order chi connectivity index (χ0) is 22.6. The van der Waals surface area contributed by atoms with Gasteiger partial charge in [0.15, 0.2) is 0 Å². The maximum atomic E-state index is 12.4. The lowest BCUT2D eigenvalue weighted by molar-refractivity contribution is -0.142. The molecular formula is C15H24N4O9S. The lowest BCUT2D eigenvalue weighted by Gasteiger charge is -2.23. The van der Waals surface area contributed by atoms with Gasteiger partial charge in [0, 0.05) is 0 Å². The summed E-state index contributed by atoms with van der Waals surface area (Å²) in [6.45, 7) is -0.677. The summed E-state index contributed by atoms with van der Waals surface area (Å²) in [7, 11) is 0. The topological polar surface area (TPSA) is 225 Å². The smallest absolute Gasteiger partial charge is 0.322 e. The predicted octanol–water partition coefficient (Wildman–Crippen LogP) is -2.81. The summed E-state index contributed by atoms with van der Waals surface area (Å²) in [6.07, 6.45) is 0.278. The minimum absolute atomic E-state index is 0.116. The van der Waals surface area contributed by atoms with Gasteiger partial charge in [-0.1, -0.05) is 0 Å². The minimum atomic E-state index is -1.62. The van der Waals surface area contributed by atoms with Crippen molar-refractivity contribution >= 4 is 47.4 Å². The van der Waals surface area contributed by atoms with Crippen molar-refractivity contribution in [3.63, 3.8) is 0 Å². The van der Waals surface area contributed by atoms with Crippen LogP contribution in [0.25, 0.3) is 0 Å². The fourth-order valence-corrected chi connectivity index (χ4v) is 2.48. The highest BCUT2D eigenvalue weighted by Crippen LogP contribution is 2.03. The van der Waals surface area contributed by atoms with Crippen molar-refractivity contribution in [2.45, 2.75) is 37.4 Å². The molecule has 0 radical (unpaired) electrons. The molecule has 0 aromatic carbocycles. The summed E-state index contributed by atoms with van der Waals surface area (Å²) in [5, 5.41) is 32.7. The highest BCUT2D eigenvalue weighted by Gasteiger charge is 2.30. The van der Waals surface area contributed by atoms with E-state index in [2.05, 4.69) is 16.0 Å². The summed E-state index contributed by atoms with van der Waals surface area (Å²) in [4.78, 5) is 68.7. The average molecular weight is 436 g/mol. The average Bonchev–Trinajstić information content (AvgIpc) is 2.61. The highest BCUT2D eigenvalue weighted by atomic mass is 32.2. The first-order chi connectivity index (χ1) is 13.5. The number of thioether (sulfide) groups is 1. The molecule has 0 heterocycles. The zero-order valence-electron chi connectivity index (χ0n) is 15.5. The number of hydrogen-bond donors (Lipinski definition) is 7. The SMILES string of the molecule is CSCCC(NC(=O)C(CC(=O)O)NC(=O)C(N)CC(=O)O)C(=O)NCC(=O)O. The molecule has 3 atom stereocenters. The van der Waals surface area contributed by atoms with Gasteiger partial charge in [-0.2, -0.15) is 11.8 Å². The Morgan fingerprint density at radius 2 is 1.38 bits per heavy atom. The molecule has 0 fully saturated rings. The van der Waals surface area contributed by atoms with Crippen molar-refractivity contribution in [3.05, 3.63) is 0 Å². The maximum absolute atomic E-state index is 12.4. The van der Waals surface area contributed by atoms with Crippen molar-refractivity contribution in [1.82, 2.24) is 16.0 Å². The second-order valence-electron chi connectivity index (χ2n) is 5.82. The fraction of sp³-hybridized carbons (Fsp3) is 0.600. The number of carboxylic acids is 3. The van der Waals surface area contributed by atoms with Gasteiger partial charge in [0.1, 0.15) is 18.6 Å². The molecule has 164 valence electrons. The van der Waals surface area contributed by atoms with Crippen LogP contribution >= 0.6 is 11.8 Å². The van der Waals surface area contributed by atoms with Gasteiger partial charge in [0.2, 0.25) is 17.7 Å². The monoisotopic (exact) mass is 436 g/mol. The van der Waals surface area contributed by atoms with Crippen molar-refractivity contribution in [2.24, 2.45) is 5.73 Å². The van der Waals surface area contributed by atoms with E-state index in [-0.39, 0.29) is 6.42 Å². The number of rotatable bonds is 14. The van der Waals surface area contributed by atoms with Gasteiger partial charge in [-0.05, 0) is 18.4 Å². The number of carbonyl (C=O) groups is 6. The number of aliphatic carboxylic acids is 3. The standard InChI is InChI=1S/C15H24N4O9S/c1-29-3-2-8(14(27)17-6-12(24)25)18-15(28)9(5-11(22)23)19-13(26)7(16)4-10(20)21/h7-9H,2-6,16H2,1H3,(H,17,27)(H,18,28)(H,19,26)(H,20,21)(H,22,23)(H,24,25). The van der Waals surface area contributed by atoms with Crippen LogP contribution < -0.4 is 21.7 Å². The molecule has 0 aromatic heterocycles. The minimum Gasteiger partial charge on any atom is -0.481 e. The number of carbonyl (C=O) groups excluding carboxylic acids is 3. The number of amides is 3. The van der Waals surface area contributed by atoms with Crippen molar-refractivity contribution in [3.8, 4) is 0 Å². The van der Waals surface area contributed by atoms with E-state index >= 15 is 0 Å².